The molecule has 0 radical (unpaired) electrons. The summed E-state index contributed by atoms with van der Waals surface area (Å²) in [5.41, 5.74) is 6.11. The van der Waals surface area contributed by atoms with Crippen LogP contribution < -0.4 is 10.5 Å². The molecule has 5 nitrogen and oxygen atoms in total. The predicted molar refractivity (Wildman–Crippen MR) is 76.7 cm³/mol. The predicted octanol–water partition coefficient (Wildman–Crippen LogP) is 2.09. The van der Waals surface area contributed by atoms with Gasteiger partial charge in [0.05, 0.1) is 7.11 Å². The molecule has 0 aromatic heterocycles. The molecule has 1 aromatic carbocycles. The lowest BCUT2D eigenvalue weighted by Crippen LogP contribution is -2.28. The van der Waals surface area contributed by atoms with Crippen molar-refractivity contribution in [2.45, 2.75) is 31.1 Å². The minimum Gasteiger partial charge on any atom is -0.495 e. The molecule has 19 heavy (non-hydrogen) atoms. The number of nitrogens with zero attached hydrogens (tertiary/aromatic N) is 1. The number of methoxy groups -OCH3 is 1. The maximum Gasteiger partial charge on any atom is 0.246 e. The van der Waals surface area contributed by atoms with E-state index >= 15 is 0 Å². The molecule has 1 rings (SSSR count). The highest BCUT2D eigenvalue weighted by Crippen LogP contribution is 2.28. The van der Waals surface area contributed by atoms with Crippen molar-refractivity contribution in [2.24, 2.45) is 0 Å². The second kappa shape index (κ2) is 6.77. The summed E-state index contributed by atoms with van der Waals surface area (Å²) in [5, 5.41) is 0. The fraction of sp³-hybridized carbons (Fsp3) is 0.538. The molecule has 0 heterocycles. The van der Waals surface area contributed by atoms with Crippen molar-refractivity contribution in [2.75, 3.05) is 26.4 Å². The van der Waals surface area contributed by atoms with E-state index in [1.54, 1.807) is 13.1 Å². The second-order valence-electron chi connectivity index (χ2n) is 4.44. The average molecular weight is 286 g/mol. The van der Waals surface area contributed by atoms with E-state index in [0.717, 1.165) is 19.3 Å². The SMILES string of the molecule is CCCCCN(C)S(=O)(=O)c1ccc(N)cc1OC. The maximum atomic E-state index is 12.4. The standard InChI is InChI=1S/C13H22N2O3S/c1-4-5-6-9-15(2)19(16,17)13-8-7-11(14)10-12(13)18-3/h7-8,10H,4-6,9,14H2,1-3H3. The number of hydrogen-bond acceptors (Lipinski definition) is 4. The maximum absolute atomic E-state index is 12.4. The lowest BCUT2D eigenvalue weighted by Gasteiger charge is -2.18. The normalized spacial score (nSPS) is 11.8. The van der Waals surface area contributed by atoms with Crippen LogP contribution in [0, 0.1) is 0 Å². The smallest absolute Gasteiger partial charge is 0.246 e. The van der Waals surface area contributed by atoms with Gasteiger partial charge in [-0.3, -0.25) is 0 Å². The summed E-state index contributed by atoms with van der Waals surface area (Å²) >= 11 is 0. The van der Waals surface area contributed by atoms with Gasteiger partial charge in [-0.05, 0) is 18.6 Å². The molecule has 0 bridgehead atoms. The van der Waals surface area contributed by atoms with Gasteiger partial charge in [-0.2, -0.15) is 0 Å². The van der Waals surface area contributed by atoms with Crippen LogP contribution in [0.3, 0.4) is 0 Å². The highest BCUT2D eigenvalue weighted by molar-refractivity contribution is 7.89. The molecule has 0 aliphatic heterocycles. The first-order valence-corrected chi connectivity index (χ1v) is 7.77. The summed E-state index contributed by atoms with van der Waals surface area (Å²) in [4.78, 5) is 0.156. The van der Waals surface area contributed by atoms with Gasteiger partial charge in [-0.15, -0.1) is 0 Å². The fourth-order valence-corrected chi connectivity index (χ4v) is 3.11. The van der Waals surface area contributed by atoms with Gasteiger partial charge < -0.3 is 10.5 Å². The Morgan fingerprint density at radius 1 is 1.32 bits per heavy atom. The number of nitrogen functional groups attached to an aromatic ring is 1. The first kappa shape index (κ1) is 15.8. The highest BCUT2D eigenvalue weighted by Gasteiger charge is 2.24. The van der Waals surface area contributed by atoms with E-state index in [-0.39, 0.29) is 10.6 Å². The number of nitrogens with two attached hydrogens (primary N) is 1. The molecule has 1 aromatic rings. The van der Waals surface area contributed by atoms with Gasteiger partial charge in [-0.25, -0.2) is 12.7 Å². The number of anilines is 1. The van der Waals surface area contributed by atoms with Crippen molar-refractivity contribution >= 4 is 15.7 Å². The first-order valence-electron chi connectivity index (χ1n) is 6.33. The molecule has 108 valence electrons. The van der Waals surface area contributed by atoms with Gasteiger partial charge in [0.1, 0.15) is 10.6 Å². The Bertz CT molecular complexity index is 515. The lowest BCUT2D eigenvalue weighted by molar-refractivity contribution is 0.397. The van der Waals surface area contributed by atoms with Gasteiger partial charge in [-0.1, -0.05) is 19.8 Å². The third kappa shape index (κ3) is 3.84. The van der Waals surface area contributed by atoms with Crippen molar-refractivity contribution in [3.05, 3.63) is 18.2 Å². The van der Waals surface area contributed by atoms with Crippen molar-refractivity contribution in [1.82, 2.24) is 4.31 Å². The lowest BCUT2D eigenvalue weighted by atomic mass is 10.2. The zero-order chi connectivity index (χ0) is 14.5. The number of rotatable bonds is 7. The van der Waals surface area contributed by atoms with E-state index in [4.69, 9.17) is 10.5 Å². The summed E-state index contributed by atoms with van der Waals surface area (Å²) in [7, 11) is -0.507. The molecular weight excluding hydrogens is 264 g/mol. The number of sulfonamides is 1. The minimum absolute atomic E-state index is 0.156. The Morgan fingerprint density at radius 2 is 2.00 bits per heavy atom. The largest absolute Gasteiger partial charge is 0.495 e. The van der Waals surface area contributed by atoms with Crippen LogP contribution in [0.15, 0.2) is 23.1 Å². The van der Waals surface area contributed by atoms with Gasteiger partial charge in [0.15, 0.2) is 0 Å². The Kier molecular flexibility index (Phi) is 5.62. The second-order valence-corrected chi connectivity index (χ2v) is 6.46. The molecular formula is C13H22N2O3S. The molecule has 2 N–H and O–H groups in total. The summed E-state index contributed by atoms with van der Waals surface area (Å²) < 4.78 is 31.3. The van der Waals surface area contributed by atoms with Crippen molar-refractivity contribution in [3.63, 3.8) is 0 Å². The van der Waals surface area contributed by atoms with Crippen LogP contribution in [0.2, 0.25) is 0 Å². The van der Waals surface area contributed by atoms with Crippen molar-refractivity contribution < 1.29 is 13.2 Å². The van der Waals surface area contributed by atoms with E-state index in [9.17, 15) is 8.42 Å². The first-order chi connectivity index (χ1) is 8.93. The van der Waals surface area contributed by atoms with Crippen LogP contribution in [-0.2, 0) is 10.0 Å². The monoisotopic (exact) mass is 286 g/mol. The summed E-state index contributed by atoms with van der Waals surface area (Å²) in [6.07, 6.45) is 2.92. The van der Waals surface area contributed by atoms with Crippen LogP contribution in [0.5, 0.6) is 5.75 Å². The van der Waals surface area contributed by atoms with Gasteiger partial charge in [0.2, 0.25) is 10.0 Å². The molecule has 0 saturated heterocycles. The highest BCUT2D eigenvalue weighted by atomic mass is 32.2. The Morgan fingerprint density at radius 3 is 2.58 bits per heavy atom. The van der Waals surface area contributed by atoms with E-state index in [1.165, 1.54) is 23.5 Å². The van der Waals surface area contributed by atoms with E-state index in [0.29, 0.717) is 12.2 Å². The van der Waals surface area contributed by atoms with Crippen LogP contribution in [-0.4, -0.2) is 33.4 Å². The summed E-state index contributed by atoms with van der Waals surface area (Å²) in [6, 6.07) is 4.57. The van der Waals surface area contributed by atoms with Crippen LogP contribution in [0.25, 0.3) is 0 Å². The Hall–Kier alpha value is -1.27. The van der Waals surface area contributed by atoms with Crippen molar-refractivity contribution in [3.8, 4) is 5.75 Å². The molecule has 0 amide bonds. The van der Waals surface area contributed by atoms with Crippen LogP contribution in [0.4, 0.5) is 5.69 Å². The average Bonchev–Trinajstić information content (AvgIpc) is 2.38. The van der Waals surface area contributed by atoms with E-state index in [1.807, 2.05) is 0 Å². The molecule has 0 unspecified atom stereocenters. The third-order valence-electron chi connectivity index (χ3n) is 2.95. The molecule has 0 aliphatic carbocycles. The number of ether oxygens (including phenoxy) is 1. The summed E-state index contributed by atoms with van der Waals surface area (Å²) in [6.45, 7) is 2.58. The quantitative estimate of drug-likeness (QED) is 0.615. The zero-order valence-electron chi connectivity index (χ0n) is 11.7. The molecule has 6 heteroatoms. The molecule has 0 aliphatic rings. The Labute approximate surface area is 115 Å². The van der Waals surface area contributed by atoms with Gasteiger partial charge in [0, 0.05) is 25.3 Å². The molecule has 0 saturated carbocycles. The summed E-state index contributed by atoms with van der Waals surface area (Å²) in [5.74, 6) is 0.280. The fourth-order valence-electron chi connectivity index (χ4n) is 1.77. The number of unbranched alkanes of at least 4 members (excludes halogenated alkanes) is 2. The third-order valence-corrected chi connectivity index (χ3v) is 4.85. The zero-order valence-corrected chi connectivity index (χ0v) is 12.5. The van der Waals surface area contributed by atoms with E-state index < -0.39 is 10.0 Å². The van der Waals surface area contributed by atoms with Crippen LogP contribution in [0.1, 0.15) is 26.2 Å². The minimum atomic E-state index is -3.53. The van der Waals surface area contributed by atoms with Crippen LogP contribution >= 0.6 is 0 Å². The Balaban J connectivity index is 2.99. The molecule has 0 spiro atoms. The van der Waals surface area contributed by atoms with Crippen molar-refractivity contribution in [1.29, 1.82) is 0 Å². The molecule has 0 fully saturated rings. The van der Waals surface area contributed by atoms with Gasteiger partial charge in [0.25, 0.3) is 0 Å². The number of benzene rings is 1. The van der Waals surface area contributed by atoms with E-state index in [2.05, 4.69) is 6.92 Å². The number of hydrogen-bond donors (Lipinski definition) is 1. The topological polar surface area (TPSA) is 72.6 Å². The van der Waals surface area contributed by atoms with Gasteiger partial charge >= 0.3 is 0 Å². The molecule has 0 atom stereocenters.